The first-order valence-electron chi connectivity index (χ1n) is 4.09. The highest BCUT2D eigenvalue weighted by atomic mass is 16.5. The number of pyridine rings is 1. The minimum atomic E-state index is -0.441. The predicted molar refractivity (Wildman–Crippen MR) is 49.8 cm³/mol. The SMILES string of the molecule is COC(=O)c1nc2cnccc2n1C. The maximum absolute atomic E-state index is 11.3. The summed E-state index contributed by atoms with van der Waals surface area (Å²) in [5.74, 6) is -0.154. The van der Waals surface area contributed by atoms with Crippen molar-refractivity contribution in [3.05, 3.63) is 24.3 Å². The Kier molecular flexibility index (Phi) is 1.92. The summed E-state index contributed by atoms with van der Waals surface area (Å²) in [4.78, 5) is 19.3. The zero-order valence-electron chi connectivity index (χ0n) is 7.89. The molecule has 0 saturated carbocycles. The topological polar surface area (TPSA) is 57.0 Å². The van der Waals surface area contributed by atoms with Gasteiger partial charge in [0.05, 0.1) is 18.8 Å². The zero-order valence-corrected chi connectivity index (χ0v) is 7.89. The van der Waals surface area contributed by atoms with Crippen LogP contribution in [0.2, 0.25) is 0 Å². The predicted octanol–water partition coefficient (Wildman–Crippen LogP) is 0.755. The normalized spacial score (nSPS) is 10.4. The molecule has 5 heteroatoms. The van der Waals surface area contributed by atoms with Crippen molar-refractivity contribution in [2.24, 2.45) is 7.05 Å². The lowest BCUT2D eigenvalue weighted by atomic mass is 10.4. The zero-order chi connectivity index (χ0) is 10.1. The van der Waals surface area contributed by atoms with Gasteiger partial charge < -0.3 is 9.30 Å². The van der Waals surface area contributed by atoms with Gasteiger partial charge in [-0.1, -0.05) is 0 Å². The molecule has 0 saturated heterocycles. The molecule has 0 unspecified atom stereocenters. The number of esters is 1. The van der Waals surface area contributed by atoms with Gasteiger partial charge in [-0.2, -0.15) is 0 Å². The molecule has 0 aliphatic heterocycles. The van der Waals surface area contributed by atoms with Gasteiger partial charge in [0.15, 0.2) is 0 Å². The van der Waals surface area contributed by atoms with Gasteiger partial charge >= 0.3 is 5.97 Å². The maximum atomic E-state index is 11.3. The third-order valence-corrected chi connectivity index (χ3v) is 2.05. The lowest BCUT2D eigenvalue weighted by Gasteiger charge is -1.98. The number of aryl methyl sites for hydroxylation is 1. The molecule has 14 heavy (non-hydrogen) atoms. The van der Waals surface area contributed by atoms with E-state index in [-0.39, 0.29) is 5.82 Å². The molecule has 2 heterocycles. The van der Waals surface area contributed by atoms with Crippen LogP contribution in [-0.4, -0.2) is 27.6 Å². The molecule has 0 spiro atoms. The Bertz CT molecular complexity index is 490. The quantitative estimate of drug-likeness (QED) is 0.624. The van der Waals surface area contributed by atoms with Crippen molar-refractivity contribution < 1.29 is 9.53 Å². The Labute approximate surface area is 80.3 Å². The lowest BCUT2D eigenvalue weighted by molar-refractivity contribution is 0.0583. The second-order valence-corrected chi connectivity index (χ2v) is 2.85. The number of hydrogen-bond acceptors (Lipinski definition) is 4. The molecule has 0 atom stereocenters. The fourth-order valence-electron chi connectivity index (χ4n) is 1.33. The molecule has 0 bridgehead atoms. The van der Waals surface area contributed by atoms with E-state index < -0.39 is 5.97 Å². The van der Waals surface area contributed by atoms with Crippen LogP contribution in [0.25, 0.3) is 11.0 Å². The molecule has 5 nitrogen and oxygen atoms in total. The van der Waals surface area contributed by atoms with E-state index in [9.17, 15) is 4.79 Å². The number of methoxy groups -OCH3 is 1. The van der Waals surface area contributed by atoms with Gasteiger partial charge in [0.25, 0.3) is 0 Å². The molecule has 2 aromatic heterocycles. The number of rotatable bonds is 1. The van der Waals surface area contributed by atoms with E-state index in [4.69, 9.17) is 0 Å². The van der Waals surface area contributed by atoms with Crippen molar-refractivity contribution in [3.8, 4) is 0 Å². The Morgan fingerprint density at radius 3 is 3.00 bits per heavy atom. The van der Waals surface area contributed by atoms with Crippen LogP contribution < -0.4 is 0 Å². The largest absolute Gasteiger partial charge is 0.463 e. The van der Waals surface area contributed by atoms with Crippen molar-refractivity contribution in [2.75, 3.05) is 7.11 Å². The van der Waals surface area contributed by atoms with Crippen LogP contribution in [0.3, 0.4) is 0 Å². The maximum Gasteiger partial charge on any atom is 0.374 e. The van der Waals surface area contributed by atoms with Crippen molar-refractivity contribution in [2.45, 2.75) is 0 Å². The van der Waals surface area contributed by atoms with Crippen LogP contribution in [0.5, 0.6) is 0 Å². The molecule has 0 radical (unpaired) electrons. The molecule has 0 N–H and O–H groups in total. The van der Waals surface area contributed by atoms with Crippen LogP contribution in [-0.2, 0) is 11.8 Å². The smallest absolute Gasteiger partial charge is 0.374 e. The third-order valence-electron chi connectivity index (χ3n) is 2.05. The number of ether oxygens (including phenoxy) is 1. The Hall–Kier alpha value is -1.91. The third kappa shape index (κ3) is 1.14. The van der Waals surface area contributed by atoms with Crippen LogP contribution >= 0.6 is 0 Å². The number of fused-ring (bicyclic) bond motifs is 1. The number of nitrogens with zero attached hydrogens (tertiary/aromatic N) is 3. The first-order valence-corrected chi connectivity index (χ1v) is 4.09. The Morgan fingerprint density at radius 1 is 1.57 bits per heavy atom. The number of carbonyl (C=O) groups is 1. The summed E-state index contributed by atoms with van der Waals surface area (Å²) in [5, 5.41) is 0. The Balaban J connectivity index is 2.68. The van der Waals surface area contributed by atoms with E-state index in [2.05, 4.69) is 14.7 Å². The molecule has 0 aromatic carbocycles. The van der Waals surface area contributed by atoms with E-state index in [0.717, 1.165) is 5.52 Å². The van der Waals surface area contributed by atoms with Crippen LogP contribution in [0.15, 0.2) is 18.5 Å². The molecule has 0 fully saturated rings. The van der Waals surface area contributed by atoms with Gasteiger partial charge in [-0.25, -0.2) is 9.78 Å². The van der Waals surface area contributed by atoms with Crippen LogP contribution in [0.1, 0.15) is 10.6 Å². The van der Waals surface area contributed by atoms with Gasteiger partial charge in [0.2, 0.25) is 5.82 Å². The summed E-state index contributed by atoms with van der Waals surface area (Å²) in [6, 6.07) is 1.80. The van der Waals surface area contributed by atoms with Crippen molar-refractivity contribution in [1.82, 2.24) is 14.5 Å². The lowest BCUT2D eigenvalue weighted by Crippen LogP contribution is -2.08. The average molecular weight is 191 g/mol. The minimum Gasteiger partial charge on any atom is -0.463 e. The van der Waals surface area contributed by atoms with Gasteiger partial charge in [-0.15, -0.1) is 0 Å². The highest BCUT2D eigenvalue weighted by molar-refractivity contribution is 5.90. The van der Waals surface area contributed by atoms with Crippen molar-refractivity contribution in [1.29, 1.82) is 0 Å². The van der Waals surface area contributed by atoms with E-state index in [1.165, 1.54) is 7.11 Å². The minimum absolute atomic E-state index is 0.288. The molecule has 72 valence electrons. The first kappa shape index (κ1) is 8.68. The summed E-state index contributed by atoms with van der Waals surface area (Å²) >= 11 is 0. The molecule has 2 aromatic rings. The van der Waals surface area contributed by atoms with Crippen molar-refractivity contribution in [3.63, 3.8) is 0 Å². The highest BCUT2D eigenvalue weighted by Gasteiger charge is 2.14. The summed E-state index contributed by atoms with van der Waals surface area (Å²) in [6.45, 7) is 0. The number of carbonyl (C=O) groups excluding carboxylic acids is 1. The molecule has 2 rings (SSSR count). The Morgan fingerprint density at radius 2 is 2.36 bits per heavy atom. The molecular weight excluding hydrogens is 182 g/mol. The standard InChI is InChI=1S/C9H9N3O2/c1-12-7-3-4-10-5-6(7)11-8(12)9(13)14-2/h3-5H,1-2H3. The van der Waals surface area contributed by atoms with Gasteiger partial charge in [-0.05, 0) is 6.07 Å². The molecule has 0 aliphatic carbocycles. The highest BCUT2D eigenvalue weighted by Crippen LogP contribution is 2.13. The second-order valence-electron chi connectivity index (χ2n) is 2.85. The number of hydrogen-bond donors (Lipinski definition) is 0. The van der Waals surface area contributed by atoms with E-state index in [0.29, 0.717) is 5.52 Å². The van der Waals surface area contributed by atoms with Gasteiger partial charge in [0, 0.05) is 13.2 Å². The van der Waals surface area contributed by atoms with E-state index in [1.807, 2.05) is 0 Å². The van der Waals surface area contributed by atoms with Crippen LogP contribution in [0, 0.1) is 0 Å². The fourth-order valence-corrected chi connectivity index (χ4v) is 1.33. The molecular formula is C9H9N3O2. The van der Waals surface area contributed by atoms with Gasteiger partial charge in [0.1, 0.15) is 5.52 Å². The summed E-state index contributed by atoms with van der Waals surface area (Å²) in [6.07, 6.45) is 3.27. The summed E-state index contributed by atoms with van der Waals surface area (Å²) in [7, 11) is 3.10. The average Bonchev–Trinajstić information content (AvgIpc) is 2.56. The molecule has 0 amide bonds. The van der Waals surface area contributed by atoms with E-state index >= 15 is 0 Å². The fraction of sp³-hybridized carbons (Fsp3) is 0.222. The monoisotopic (exact) mass is 191 g/mol. The van der Waals surface area contributed by atoms with Crippen LogP contribution in [0.4, 0.5) is 0 Å². The van der Waals surface area contributed by atoms with E-state index in [1.54, 1.807) is 30.1 Å². The number of aromatic nitrogens is 3. The van der Waals surface area contributed by atoms with Crippen molar-refractivity contribution >= 4 is 17.0 Å². The first-order chi connectivity index (χ1) is 6.74. The number of imidazole rings is 1. The van der Waals surface area contributed by atoms with Gasteiger partial charge in [-0.3, -0.25) is 4.98 Å². The summed E-state index contributed by atoms with van der Waals surface area (Å²) < 4.78 is 6.29. The summed E-state index contributed by atoms with van der Waals surface area (Å²) in [5.41, 5.74) is 1.55. The molecule has 0 aliphatic rings. The second kappa shape index (κ2) is 3.10.